The number of ketones is 1. The van der Waals surface area contributed by atoms with E-state index in [9.17, 15) is 19.7 Å². The standard InChI is InChI=1S/C22H21N3O7.ClH/c1-30-15-10-14-17(21(32-3)20(15)31-2)19(26)16-12-6-5-11(25(28)29)9-13(12)22(27)24(18(14)16)8-4-7-23;/h5-6,9-10H,4,7-8,23H2,1-3H3;1H. The Kier molecular flexibility index (Phi) is 6.61. The smallest absolute Gasteiger partial charge is 0.270 e. The number of benzene rings is 2. The van der Waals surface area contributed by atoms with E-state index in [1.165, 1.54) is 44.1 Å². The van der Waals surface area contributed by atoms with Crippen LogP contribution in [-0.2, 0) is 6.54 Å². The third kappa shape index (κ3) is 3.47. The van der Waals surface area contributed by atoms with Crippen LogP contribution < -0.4 is 25.5 Å². The highest BCUT2D eigenvalue weighted by molar-refractivity contribution is 6.28. The molecule has 2 aromatic carbocycles. The second-order valence-electron chi connectivity index (χ2n) is 7.21. The maximum Gasteiger partial charge on any atom is 0.270 e. The maximum absolute atomic E-state index is 13.7. The van der Waals surface area contributed by atoms with Crippen molar-refractivity contribution in [3.63, 3.8) is 0 Å². The molecule has 1 aromatic heterocycles. The van der Waals surface area contributed by atoms with Gasteiger partial charge in [-0.15, -0.1) is 12.4 Å². The molecule has 0 saturated carbocycles. The van der Waals surface area contributed by atoms with Crippen molar-refractivity contribution >= 4 is 34.7 Å². The Morgan fingerprint density at radius 3 is 2.27 bits per heavy atom. The van der Waals surface area contributed by atoms with Gasteiger partial charge in [0.25, 0.3) is 11.2 Å². The topological polar surface area (TPSA) is 136 Å². The highest BCUT2D eigenvalue weighted by atomic mass is 35.5. The lowest BCUT2D eigenvalue weighted by atomic mass is 10.0. The van der Waals surface area contributed by atoms with Crippen molar-refractivity contribution in [3.8, 4) is 28.5 Å². The summed E-state index contributed by atoms with van der Waals surface area (Å²) in [7, 11) is 4.31. The van der Waals surface area contributed by atoms with Gasteiger partial charge in [0.05, 0.1) is 48.5 Å². The van der Waals surface area contributed by atoms with Crippen molar-refractivity contribution in [2.24, 2.45) is 5.73 Å². The zero-order valence-corrected chi connectivity index (χ0v) is 19.0. The van der Waals surface area contributed by atoms with Gasteiger partial charge in [0.1, 0.15) is 0 Å². The third-order valence-corrected chi connectivity index (χ3v) is 5.59. The lowest BCUT2D eigenvalue weighted by Gasteiger charge is -2.17. The predicted octanol–water partition coefficient (Wildman–Crippen LogP) is 2.92. The van der Waals surface area contributed by atoms with Gasteiger partial charge in [-0.25, -0.2) is 0 Å². The number of halogens is 1. The molecular formula is C22H22ClN3O7. The van der Waals surface area contributed by atoms with Crippen molar-refractivity contribution in [3.05, 3.63) is 55.9 Å². The first-order valence-corrected chi connectivity index (χ1v) is 9.82. The van der Waals surface area contributed by atoms with Crippen LogP contribution in [0.5, 0.6) is 17.2 Å². The number of methoxy groups -OCH3 is 3. The summed E-state index contributed by atoms with van der Waals surface area (Å²) in [5, 5.41) is 11.7. The number of non-ortho nitro benzene ring substituents is 1. The summed E-state index contributed by atoms with van der Waals surface area (Å²) in [5.74, 6) is 0.417. The Morgan fingerprint density at radius 2 is 1.70 bits per heavy atom. The second kappa shape index (κ2) is 9.08. The summed E-state index contributed by atoms with van der Waals surface area (Å²) in [6, 6.07) is 5.55. The number of hydrogen-bond donors (Lipinski definition) is 1. The number of fused-ring (bicyclic) bond motifs is 5. The fraction of sp³-hybridized carbons (Fsp3) is 0.273. The quantitative estimate of drug-likeness (QED) is 0.318. The van der Waals surface area contributed by atoms with E-state index in [-0.39, 0.29) is 58.4 Å². The van der Waals surface area contributed by atoms with Gasteiger partial charge in [-0.3, -0.25) is 19.7 Å². The van der Waals surface area contributed by atoms with Gasteiger partial charge >= 0.3 is 0 Å². The first kappa shape index (κ1) is 24.0. The number of nitro benzene ring substituents is 1. The van der Waals surface area contributed by atoms with E-state index >= 15 is 0 Å². The normalized spacial score (nSPS) is 11.6. The van der Waals surface area contributed by atoms with Gasteiger partial charge in [0.15, 0.2) is 17.3 Å². The Balaban J connectivity index is 0.00000306. The summed E-state index contributed by atoms with van der Waals surface area (Å²) >= 11 is 0. The van der Waals surface area contributed by atoms with Gasteiger partial charge < -0.3 is 24.5 Å². The molecule has 1 aliphatic rings. The average Bonchev–Trinajstić information content (AvgIpc) is 3.09. The first-order valence-electron chi connectivity index (χ1n) is 9.82. The summed E-state index contributed by atoms with van der Waals surface area (Å²) in [4.78, 5) is 37.8. The van der Waals surface area contributed by atoms with Crippen LogP contribution in [0.2, 0.25) is 0 Å². The molecule has 0 unspecified atom stereocenters. The molecule has 33 heavy (non-hydrogen) atoms. The van der Waals surface area contributed by atoms with E-state index in [1.54, 1.807) is 6.07 Å². The van der Waals surface area contributed by atoms with Gasteiger partial charge in [0, 0.05) is 29.6 Å². The van der Waals surface area contributed by atoms with E-state index in [0.29, 0.717) is 35.4 Å². The number of pyridine rings is 1. The molecule has 11 heteroatoms. The van der Waals surface area contributed by atoms with E-state index in [1.807, 2.05) is 0 Å². The molecule has 0 bridgehead atoms. The van der Waals surface area contributed by atoms with Crippen LogP contribution in [0.3, 0.4) is 0 Å². The number of nitro groups is 1. The van der Waals surface area contributed by atoms with Crippen molar-refractivity contribution in [2.75, 3.05) is 27.9 Å². The summed E-state index contributed by atoms with van der Waals surface area (Å²) < 4.78 is 17.8. The van der Waals surface area contributed by atoms with Crippen molar-refractivity contribution < 1.29 is 23.9 Å². The molecule has 0 aliphatic heterocycles. The number of aromatic nitrogens is 1. The number of ether oxygens (including phenoxy) is 3. The molecule has 0 fully saturated rings. The summed E-state index contributed by atoms with van der Waals surface area (Å²) in [6.07, 6.45) is 0.473. The number of rotatable bonds is 7. The minimum atomic E-state index is -0.578. The number of carbonyl (C=O) groups is 1. The SMILES string of the molecule is COc1cc2c(c(OC)c1OC)C(=O)c1c-2n(CCCN)c(=O)c2cc([N+](=O)[O-])ccc12.Cl. The minimum Gasteiger partial charge on any atom is -0.493 e. The third-order valence-electron chi connectivity index (χ3n) is 5.59. The Morgan fingerprint density at radius 1 is 1.00 bits per heavy atom. The Labute approximate surface area is 194 Å². The molecule has 174 valence electrons. The zero-order valence-electron chi connectivity index (χ0n) is 18.2. The maximum atomic E-state index is 13.7. The van der Waals surface area contributed by atoms with Crippen molar-refractivity contribution in [2.45, 2.75) is 13.0 Å². The number of carbonyl (C=O) groups excluding carboxylic acids is 1. The molecule has 0 amide bonds. The number of nitrogens with zero attached hydrogens (tertiary/aromatic N) is 2. The predicted molar refractivity (Wildman–Crippen MR) is 124 cm³/mol. The molecule has 10 nitrogen and oxygen atoms in total. The van der Waals surface area contributed by atoms with Crippen LogP contribution in [0.4, 0.5) is 5.69 Å². The van der Waals surface area contributed by atoms with Crippen LogP contribution in [0.1, 0.15) is 22.3 Å². The second-order valence-corrected chi connectivity index (χ2v) is 7.21. The molecule has 0 spiro atoms. The molecule has 3 aromatic rings. The molecule has 2 N–H and O–H groups in total. The van der Waals surface area contributed by atoms with E-state index < -0.39 is 10.5 Å². The number of nitrogens with two attached hydrogens (primary N) is 1. The monoisotopic (exact) mass is 475 g/mol. The van der Waals surface area contributed by atoms with Gasteiger partial charge in [-0.05, 0) is 25.1 Å². The van der Waals surface area contributed by atoms with E-state index in [0.717, 1.165) is 0 Å². The van der Waals surface area contributed by atoms with Gasteiger partial charge in [-0.1, -0.05) is 0 Å². The van der Waals surface area contributed by atoms with Gasteiger partial charge in [-0.2, -0.15) is 0 Å². The fourth-order valence-corrected chi connectivity index (χ4v) is 4.22. The van der Waals surface area contributed by atoms with Crippen LogP contribution in [0.25, 0.3) is 22.0 Å². The molecule has 0 radical (unpaired) electrons. The van der Waals surface area contributed by atoms with Gasteiger partial charge in [0.2, 0.25) is 5.75 Å². The summed E-state index contributed by atoms with van der Waals surface area (Å²) in [6.45, 7) is 0.559. The Hall–Kier alpha value is -3.63. The fourth-order valence-electron chi connectivity index (χ4n) is 4.22. The first-order chi connectivity index (χ1) is 15.4. The Bertz CT molecular complexity index is 1350. The van der Waals surface area contributed by atoms with Crippen LogP contribution in [0, 0.1) is 10.1 Å². The largest absolute Gasteiger partial charge is 0.493 e. The highest BCUT2D eigenvalue weighted by Crippen LogP contribution is 2.51. The van der Waals surface area contributed by atoms with Crippen molar-refractivity contribution in [1.82, 2.24) is 4.57 Å². The van der Waals surface area contributed by atoms with Crippen LogP contribution in [0.15, 0.2) is 29.1 Å². The molecule has 1 heterocycles. The minimum absolute atomic E-state index is 0. The molecule has 1 aliphatic carbocycles. The lowest BCUT2D eigenvalue weighted by molar-refractivity contribution is -0.384. The lowest BCUT2D eigenvalue weighted by Crippen LogP contribution is -2.24. The molecule has 0 atom stereocenters. The van der Waals surface area contributed by atoms with E-state index in [2.05, 4.69) is 0 Å². The summed E-state index contributed by atoms with van der Waals surface area (Å²) in [5.41, 5.74) is 6.39. The van der Waals surface area contributed by atoms with Crippen LogP contribution >= 0.6 is 12.4 Å². The van der Waals surface area contributed by atoms with Crippen LogP contribution in [-0.4, -0.2) is 43.1 Å². The molecular weight excluding hydrogens is 454 g/mol. The number of hydrogen-bond acceptors (Lipinski definition) is 8. The van der Waals surface area contributed by atoms with E-state index in [4.69, 9.17) is 19.9 Å². The zero-order chi connectivity index (χ0) is 23.2. The molecule has 0 saturated heterocycles. The molecule has 4 rings (SSSR count). The highest BCUT2D eigenvalue weighted by Gasteiger charge is 2.38. The van der Waals surface area contributed by atoms with Crippen molar-refractivity contribution in [1.29, 1.82) is 0 Å². The average molecular weight is 476 g/mol.